The molecule has 1 heterocycles. The summed E-state index contributed by atoms with van der Waals surface area (Å²) >= 11 is 3.18. The van der Waals surface area contributed by atoms with Crippen LogP contribution in [0.5, 0.6) is 0 Å². The normalized spacial score (nSPS) is 23.2. The minimum Gasteiger partial charge on any atom is -0.336 e. The minimum absolute atomic E-state index is 0.0511. The van der Waals surface area contributed by atoms with Gasteiger partial charge in [0.1, 0.15) is 0 Å². The first-order valence-corrected chi connectivity index (χ1v) is 7.67. The van der Waals surface area contributed by atoms with Gasteiger partial charge in [-0.2, -0.15) is 13.2 Å². The van der Waals surface area contributed by atoms with Gasteiger partial charge < -0.3 is 4.90 Å². The molecule has 2 atom stereocenters. The summed E-state index contributed by atoms with van der Waals surface area (Å²) in [7, 11) is 0. The van der Waals surface area contributed by atoms with E-state index in [1.54, 1.807) is 4.90 Å². The van der Waals surface area contributed by atoms with Crippen molar-refractivity contribution in [1.29, 1.82) is 0 Å². The van der Waals surface area contributed by atoms with Crippen molar-refractivity contribution in [3.8, 4) is 0 Å². The van der Waals surface area contributed by atoms with E-state index in [0.29, 0.717) is 16.9 Å². The molecule has 1 amide bonds. The van der Waals surface area contributed by atoms with E-state index in [-0.39, 0.29) is 17.5 Å². The van der Waals surface area contributed by atoms with Crippen LogP contribution in [0.4, 0.5) is 13.2 Å². The lowest BCUT2D eigenvalue weighted by Crippen LogP contribution is -2.45. The summed E-state index contributed by atoms with van der Waals surface area (Å²) in [6, 6.07) is 3.24. The van der Waals surface area contributed by atoms with Gasteiger partial charge >= 0.3 is 6.18 Å². The zero-order valence-corrected chi connectivity index (χ0v) is 13.5. The van der Waals surface area contributed by atoms with Gasteiger partial charge in [-0.1, -0.05) is 6.92 Å². The number of likely N-dealkylation sites (tertiary alicyclic amines) is 1. The van der Waals surface area contributed by atoms with Crippen LogP contribution in [0, 0.1) is 5.92 Å². The average Bonchev–Trinajstić information content (AvgIpc) is 2.40. The summed E-state index contributed by atoms with van der Waals surface area (Å²) in [5.74, 6) is 0.0294. The Morgan fingerprint density at radius 1 is 1.29 bits per heavy atom. The number of hydrogen-bond acceptors (Lipinski definition) is 1. The highest BCUT2D eigenvalue weighted by atomic mass is 79.9. The summed E-state index contributed by atoms with van der Waals surface area (Å²) < 4.78 is 38.8. The lowest BCUT2D eigenvalue weighted by atomic mass is 9.94. The van der Waals surface area contributed by atoms with E-state index in [1.807, 2.05) is 13.8 Å². The molecule has 116 valence electrons. The third-order valence-electron chi connectivity index (χ3n) is 3.90. The van der Waals surface area contributed by atoms with Crippen LogP contribution in [-0.2, 0) is 6.18 Å². The molecular weight excluding hydrogens is 347 g/mol. The van der Waals surface area contributed by atoms with Crippen molar-refractivity contribution >= 4 is 21.8 Å². The molecule has 0 aromatic heterocycles. The minimum atomic E-state index is -4.45. The molecule has 2 rings (SSSR count). The van der Waals surface area contributed by atoms with Gasteiger partial charge in [0.05, 0.1) is 11.1 Å². The lowest BCUT2D eigenvalue weighted by molar-refractivity contribution is -0.137. The number of rotatable bonds is 1. The number of carbonyl (C=O) groups excluding carboxylic acids is 1. The average molecular weight is 364 g/mol. The van der Waals surface area contributed by atoms with E-state index >= 15 is 0 Å². The van der Waals surface area contributed by atoms with Crippen molar-refractivity contribution in [2.75, 3.05) is 6.54 Å². The number of halogens is 4. The molecule has 0 aliphatic carbocycles. The van der Waals surface area contributed by atoms with Gasteiger partial charge in [-0.25, -0.2) is 0 Å². The summed E-state index contributed by atoms with van der Waals surface area (Å²) in [6.45, 7) is 4.57. The molecule has 1 aromatic rings. The fourth-order valence-electron chi connectivity index (χ4n) is 2.59. The van der Waals surface area contributed by atoms with Gasteiger partial charge in [0.2, 0.25) is 0 Å². The largest absolute Gasteiger partial charge is 0.416 e. The fourth-order valence-corrected chi connectivity index (χ4v) is 3.01. The van der Waals surface area contributed by atoms with Crippen LogP contribution < -0.4 is 0 Å². The second kappa shape index (κ2) is 5.99. The molecule has 0 radical (unpaired) electrons. The SMILES string of the molecule is CC1CCC(C)N(C(=O)c2cc(C(F)(F)F)ccc2Br)C1. The standard InChI is InChI=1S/C15H17BrF3NO/c1-9-3-4-10(2)20(8-9)14(21)12-7-11(15(17,18)19)5-6-13(12)16/h5-7,9-10H,3-4,8H2,1-2H3. The number of carbonyl (C=O) groups is 1. The first-order chi connectivity index (χ1) is 9.70. The zero-order chi connectivity index (χ0) is 15.8. The van der Waals surface area contributed by atoms with Gasteiger partial charge in [0, 0.05) is 17.1 Å². The third-order valence-corrected chi connectivity index (χ3v) is 4.59. The molecule has 1 saturated heterocycles. The van der Waals surface area contributed by atoms with Crippen molar-refractivity contribution in [3.63, 3.8) is 0 Å². The Hall–Kier alpha value is -1.04. The van der Waals surface area contributed by atoms with Crippen molar-refractivity contribution in [3.05, 3.63) is 33.8 Å². The summed E-state index contributed by atoms with van der Waals surface area (Å²) in [6.07, 6.45) is -2.53. The van der Waals surface area contributed by atoms with Crippen molar-refractivity contribution in [1.82, 2.24) is 4.90 Å². The second-order valence-electron chi connectivity index (χ2n) is 5.68. The smallest absolute Gasteiger partial charge is 0.336 e. The Balaban J connectivity index is 2.34. The first-order valence-electron chi connectivity index (χ1n) is 6.88. The number of alkyl halides is 3. The van der Waals surface area contributed by atoms with Crippen LogP contribution in [0.25, 0.3) is 0 Å². The molecule has 1 fully saturated rings. The fraction of sp³-hybridized carbons (Fsp3) is 0.533. The quantitative estimate of drug-likeness (QED) is 0.706. The summed E-state index contributed by atoms with van der Waals surface area (Å²) in [5.41, 5.74) is -0.725. The summed E-state index contributed by atoms with van der Waals surface area (Å²) in [4.78, 5) is 14.3. The van der Waals surface area contributed by atoms with Gasteiger partial charge in [-0.05, 0) is 59.8 Å². The third kappa shape index (κ3) is 3.59. The maximum absolute atomic E-state index is 12.8. The predicted molar refractivity (Wildman–Crippen MR) is 78.0 cm³/mol. The Morgan fingerprint density at radius 3 is 2.57 bits per heavy atom. The van der Waals surface area contributed by atoms with E-state index < -0.39 is 11.7 Å². The monoisotopic (exact) mass is 363 g/mol. The molecule has 0 bridgehead atoms. The highest BCUT2D eigenvalue weighted by Crippen LogP contribution is 2.33. The number of benzene rings is 1. The molecule has 2 unspecified atom stereocenters. The molecule has 1 aromatic carbocycles. The number of amides is 1. The molecule has 6 heteroatoms. The Kier molecular flexibility index (Phi) is 4.66. The maximum atomic E-state index is 12.8. The van der Waals surface area contributed by atoms with Crippen LogP contribution in [0.1, 0.15) is 42.6 Å². The van der Waals surface area contributed by atoms with Gasteiger partial charge in [-0.3, -0.25) is 4.79 Å². The molecule has 21 heavy (non-hydrogen) atoms. The van der Waals surface area contributed by atoms with Crippen LogP contribution in [-0.4, -0.2) is 23.4 Å². The topological polar surface area (TPSA) is 20.3 Å². The van der Waals surface area contributed by atoms with Crippen molar-refractivity contribution in [2.24, 2.45) is 5.92 Å². The number of piperidine rings is 1. The Labute approximate surface area is 130 Å². The predicted octanol–water partition coefficient (Wildman–Crippen LogP) is 4.73. The van der Waals surface area contributed by atoms with Crippen LogP contribution >= 0.6 is 15.9 Å². The molecular formula is C15H17BrF3NO. The number of hydrogen-bond donors (Lipinski definition) is 0. The van der Waals surface area contributed by atoms with Gasteiger partial charge in [0.15, 0.2) is 0 Å². The highest BCUT2D eigenvalue weighted by Gasteiger charge is 2.33. The first kappa shape index (κ1) is 16.3. The lowest BCUT2D eigenvalue weighted by Gasteiger charge is -2.37. The zero-order valence-electron chi connectivity index (χ0n) is 11.9. The molecule has 0 N–H and O–H groups in total. The molecule has 1 aliphatic rings. The highest BCUT2D eigenvalue weighted by molar-refractivity contribution is 9.10. The van der Waals surface area contributed by atoms with Gasteiger partial charge in [-0.15, -0.1) is 0 Å². The van der Waals surface area contributed by atoms with Crippen LogP contribution in [0.15, 0.2) is 22.7 Å². The second-order valence-corrected chi connectivity index (χ2v) is 6.54. The molecule has 0 saturated carbocycles. The van der Waals surface area contributed by atoms with Crippen LogP contribution in [0.2, 0.25) is 0 Å². The Morgan fingerprint density at radius 2 is 1.95 bits per heavy atom. The Bertz CT molecular complexity index is 544. The van der Waals surface area contributed by atoms with Crippen molar-refractivity contribution < 1.29 is 18.0 Å². The van der Waals surface area contributed by atoms with Crippen LogP contribution in [0.3, 0.4) is 0 Å². The van der Waals surface area contributed by atoms with Gasteiger partial charge in [0.25, 0.3) is 5.91 Å². The summed E-state index contributed by atoms with van der Waals surface area (Å²) in [5, 5.41) is 0. The molecule has 2 nitrogen and oxygen atoms in total. The van der Waals surface area contributed by atoms with Crippen molar-refractivity contribution in [2.45, 2.75) is 38.9 Å². The van der Waals surface area contributed by atoms with E-state index in [9.17, 15) is 18.0 Å². The molecule has 0 spiro atoms. The van der Waals surface area contributed by atoms with E-state index in [0.717, 1.165) is 25.0 Å². The maximum Gasteiger partial charge on any atom is 0.416 e. The molecule has 1 aliphatic heterocycles. The van der Waals surface area contributed by atoms with E-state index in [2.05, 4.69) is 15.9 Å². The van der Waals surface area contributed by atoms with E-state index in [4.69, 9.17) is 0 Å². The van der Waals surface area contributed by atoms with E-state index in [1.165, 1.54) is 6.07 Å². The number of nitrogens with zero attached hydrogens (tertiary/aromatic N) is 1.